The van der Waals surface area contributed by atoms with Gasteiger partial charge in [-0.1, -0.05) is 18.2 Å². The Morgan fingerprint density at radius 2 is 2.20 bits per heavy atom. The lowest BCUT2D eigenvalue weighted by Crippen LogP contribution is -2.37. The van der Waals surface area contributed by atoms with Crippen molar-refractivity contribution in [3.05, 3.63) is 47.0 Å². The van der Waals surface area contributed by atoms with Crippen molar-refractivity contribution in [3.63, 3.8) is 0 Å². The molecule has 0 aliphatic carbocycles. The molecule has 0 saturated heterocycles. The molecule has 0 bridgehead atoms. The fourth-order valence-electron chi connectivity index (χ4n) is 1.56. The molecule has 0 heterocycles. The molecule has 0 saturated carbocycles. The SMILES string of the molecule is C=CCN(CCO)C(=O)COc1ccccc1[N+](=O)[O-]. The first-order valence-electron chi connectivity index (χ1n) is 5.96. The Labute approximate surface area is 116 Å². The highest BCUT2D eigenvalue weighted by atomic mass is 16.6. The van der Waals surface area contributed by atoms with Crippen LogP contribution in [0.15, 0.2) is 36.9 Å². The zero-order valence-corrected chi connectivity index (χ0v) is 10.9. The molecule has 1 amide bonds. The number of aliphatic hydroxyl groups is 1. The Morgan fingerprint density at radius 1 is 1.50 bits per heavy atom. The Hall–Kier alpha value is -2.41. The average molecular weight is 280 g/mol. The van der Waals surface area contributed by atoms with Crippen molar-refractivity contribution in [2.75, 3.05) is 26.3 Å². The molecule has 0 unspecified atom stereocenters. The van der Waals surface area contributed by atoms with E-state index in [0.29, 0.717) is 0 Å². The van der Waals surface area contributed by atoms with Gasteiger partial charge in [0.05, 0.1) is 11.5 Å². The van der Waals surface area contributed by atoms with E-state index in [1.807, 2.05) is 0 Å². The highest BCUT2D eigenvalue weighted by Gasteiger charge is 2.17. The molecule has 0 atom stereocenters. The number of carbonyl (C=O) groups excluding carboxylic acids is 1. The van der Waals surface area contributed by atoms with Gasteiger partial charge in [-0.2, -0.15) is 0 Å². The van der Waals surface area contributed by atoms with Gasteiger partial charge in [-0.25, -0.2) is 0 Å². The van der Waals surface area contributed by atoms with Crippen LogP contribution < -0.4 is 4.74 Å². The molecule has 0 aliphatic heterocycles. The Balaban J connectivity index is 2.68. The number of aliphatic hydroxyl groups excluding tert-OH is 1. The van der Waals surface area contributed by atoms with Gasteiger partial charge in [0.25, 0.3) is 5.91 Å². The highest BCUT2D eigenvalue weighted by Crippen LogP contribution is 2.25. The standard InChI is InChI=1S/C13H16N2O5/c1-2-7-14(8-9-16)13(17)10-20-12-6-4-3-5-11(12)15(18)19/h2-6,16H,1,7-10H2. The van der Waals surface area contributed by atoms with Crippen molar-refractivity contribution in [1.82, 2.24) is 4.90 Å². The Bertz CT molecular complexity index is 489. The maximum atomic E-state index is 11.8. The molecule has 0 radical (unpaired) electrons. The number of amides is 1. The van der Waals surface area contributed by atoms with E-state index in [0.717, 1.165) is 0 Å². The summed E-state index contributed by atoms with van der Waals surface area (Å²) in [5, 5.41) is 19.6. The summed E-state index contributed by atoms with van der Waals surface area (Å²) >= 11 is 0. The predicted octanol–water partition coefficient (Wildman–Crippen LogP) is 0.980. The lowest BCUT2D eigenvalue weighted by molar-refractivity contribution is -0.385. The monoisotopic (exact) mass is 280 g/mol. The van der Waals surface area contributed by atoms with Gasteiger partial charge in [0.1, 0.15) is 0 Å². The minimum absolute atomic E-state index is 0.0356. The Morgan fingerprint density at radius 3 is 2.80 bits per heavy atom. The van der Waals surface area contributed by atoms with E-state index < -0.39 is 4.92 Å². The number of rotatable bonds is 8. The van der Waals surface area contributed by atoms with Gasteiger partial charge >= 0.3 is 5.69 Å². The molecule has 1 aromatic carbocycles. The van der Waals surface area contributed by atoms with Crippen LogP contribution >= 0.6 is 0 Å². The van der Waals surface area contributed by atoms with E-state index >= 15 is 0 Å². The largest absolute Gasteiger partial charge is 0.477 e. The first-order chi connectivity index (χ1) is 9.60. The van der Waals surface area contributed by atoms with Crippen molar-refractivity contribution in [2.45, 2.75) is 0 Å². The molecule has 0 aromatic heterocycles. The van der Waals surface area contributed by atoms with Crippen LogP contribution in [0.2, 0.25) is 0 Å². The molecular formula is C13H16N2O5. The third-order valence-corrected chi connectivity index (χ3v) is 2.49. The fraction of sp³-hybridized carbons (Fsp3) is 0.308. The van der Waals surface area contributed by atoms with Gasteiger partial charge in [-0.05, 0) is 6.07 Å². The molecule has 0 aliphatic rings. The van der Waals surface area contributed by atoms with Crippen molar-refractivity contribution >= 4 is 11.6 Å². The summed E-state index contributed by atoms with van der Waals surface area (Å²) in [5.74, 6) is -0.342. The molecule has 7 nitrogen and oxygen atoms in total. The van der Waals surface area contributed by atoms with Crippen molar-refractivity contribution in [1.29, 1.82) is 0 Å². The maximum Gasteiger partial charge on any atom is 0.310 e. The van der Waals surface area contributed by atoms with Crippen molar-refractivity contribution in [3.8, 4) is 5.75 Å². The minimum Gasteiger partial charge on any atom is -0.477 e. The lowest BCUT2D eigenvalue weighted by atomic mass is 10.3. The summed E-state index contributed by atoms with van der Waals surface area (Å²) in [5.41, 5.74) is -0.197. The number of carbonyl (C=O) groups is 1. The van der Waals surface area contributed by atoms with Crippen LogP contribution in [0.5, 0.6) is 5.75 Å². The minimum atomic E-state index is -0.574. The predicted molar refractivity (Wildman–Crippen MR) is 72.5 cm³/mol. The fourth-order valence-corrected chi connectivity index (χ4v) is 1.56. The first-order valence-corrected chi connectivity index (χ1v) is 5.96. The van der Waals surface area contributed by atoms with Gasteiger partial charge in [0.2, 0.25) is 0 Å². The summed E-state index contributed by atoms with van der Waals surface area (Å²) in [4.78, 5) is 23.4. The van der Waals surface area contributed by atoms with E-state index in [9.17, 15) is 14.9 Å². The molecule has 108 valence electrons. The molecule has 1 rings (SSSR count). The topological polar surface area (TPSA) is 92.9 Å². The third kappa shape index (κ3) is 4.36. The second-order valence-corrected chi connectivity index (χ2v) is 3.87. The molecule has 20 heavy (non-hydrogen) atoms. The van der Waals surface area contributed by atoms with Crippen LogP contribution in [0, 0.1) is 10.1 Å². The van der Waals surface area contributed by atoms with Gasteiger partial charge in [0, 0.05) is 19.2 Å². The average Bonchev–Trinajstić information content (AvgIpc) is 2.44. The van der Waals surface area contributed by atoms with Gasteiger partial charge in [-0.15, -0.1) is 6.58 Å². The van der Waals surface area contributed by atoms with E-state index in [-0.39, 0.29) is 43.6 Å². The van der Waals surface area contributed by atoms with E-state index in [1.165, 1.54) is 29.2 Å². The second-order valence-electron chi connectivity index (χ2n) is 3.87. The van der Waals surface area contributed by atoms with Gasteiger partial charge in [0.15, 0.2) is 12.4 Å². The second kappa shape index (κ2) is 7.90. The molecule has 0 spiro atoms. The molecule has 1 aromatic rings. The first kappa shape index (κ1) is 15.6. The smallest absolute Gasteiger partial charge is 0.310 e. The number of benzene rings is 1. The van der Waals surface area contributed by atoms with Gasteiger partial charge in [-0.3, -0.25) is 14.9 Å². The molecule has 1 N–H and O–H groups in total. The quantitative estimate of drug-likeness (QED) is 0.435. The third-order valence-electron chi connectivity index (χ3n) is 2.49. The summed E-state index contributed by atoms with van der Waals surface area (Å²) < 4.78 is 5.19. The van der Waals surface area contributed by atoms with E-state index in [1.54, 1.807) is 6.07 Å². The van der Waals surface area contributed by atoms with Crippen LogP contribution in [-0.4, -0.2) is 47.1 Å². The van der Waals surface area contributed by atoms with Crippen LogP contribution in [0.4, 0.5) is 5.69 Å². The maximum absolute atomic E-state index is 11.8. The van der Waals surface area contributed by atoms with Crippen LogP contribution in [0.25, 0.3) is 0 Å². The number of nitro benzene ring substituents is 1. The lowest BCUT2D eigenvalue weighted by Gasteiger charge is -2.19. The summed E-state index contributed by atoms with van der Waals surface area (Å²) in [6, 6.07) is 5.83. The number of nitrogens with zero attached hydrogens (tertiary/aromatic N) is 2. The zero-order chi connectivity index (χ0) is 15.0. The number of para-hydroxylation sites is 2. The summed E-state index contributed by atoms with van der Waals surface area (Å²) in [6.07, 6.45) is 1.53. The van der Waals surface area contributed by atoms with E-state index in [4.69, 9.17) is 9.84 Å². The van der Waals surface area contributed by atoms with Crippen LogP contribution in [-0.2, 0) is 4.79 Å². The molecule has 7 heteroatoms. The number of nitro groups is 1. The van der Waals surface area contributed by atoms with E-state index in [2.05, 4.69) is 6.58 Å². The summed E-state index contributed by atoms with van der Waals surface area (Å²) in [6.45, 7) is 3.44. The number of ether oxygens (including phenoxy) is 1. The molecular weight excluding hydrogens is 264 g/mol. The number of hydrogen-bond donors (Lipinski definition) is 1. The van der Waals surface area contributed by atoms with Crippen molar-refractivity contribution in [2.24, 2.45) is 0 Å². The Kier molecular flexibility index (Phi) is 6.18. The van der Waals surface area contributed by atoms with Crippen LogP contribution in [0.3, 0.4) is 0 Å². The number of hydrogen-bond acceptors (Lipinski definition) is 5. The van der Waals surface area contributed by atoms with Crippen molar-refractivity contribution < 1.29 is 19.6 Å². The molecule has 0 fully saturated rings. The van der Waals surface area contributed by atoms with Gasteiger partial charge < -0.3 is 14.7 Å². The summed E-state index contributed by atoms with van der Waals surface area (Å²) in [7, 11) is 0. The van der Waals surface area contributed by atoms with Crippen LogP contribution in [0.1, 0.15) is 0 Å². The highest BCUT2D eigenvalue weighted by molar-refractivity contribution is 5.78. The zero-order valence-electron chi connectivity index (χ0n) is 10.9. The normalized spacial score (nSPS) is 9.85.